The maximum atomic E-state index is 2.31. The predicted octanol–water partition coefficient (Wildman–Crippen LogP) is 0.742. The van der Waals surface area contributed by atoms with Crippen LogP contribution in [0.1, 0.15) is 31.2 Å². The third-order valence-corrected chi connectivity index (χ3v) is 3.15. The second kappa shape index (κ2) is 6.84. The van der Waals surface area contributed by atoms with E-state index in [1.54, 1.807) is 5.92 Å². The summed E-state index contributed by atoms with van der Waals surface area (Å²) >= 11 is 0. The maximum Gasteiger partial charge on any atom is 1.00 e. The Labute approximate surface area is 117 Å². The minimum absolute atomic E-state index is 0. The van der Waals surface area contributed by atoms with Crippen molar-refractivity contribution in [1.29, 1.82) is 0 Å². The minimum Gasteiger partial charge on any atom is -0.410 e. The van der Waals surface area contributed by atoms with Crippen molar-refractivity contribution in [2.45, 2.75) is 25.7 Å². The maximum absolute atomic E-state index is 2.31. The molecule has 0 aliphatic heterocycles. The second-order valence-corrected chi connectivity index (χ2v) is 4.65. The molecule has 0 aromatic heterocycles. The van der Waals surface area contributed by atoms with Crippen LogP contribution in [0.4, 0.5) is 0 Å². The number of hydrogen-bond donors (Lipinski definition) is 0. The summed E-state index contributed by atoms with van der Waals surface area (Å²) < 4.78 is 0. The van der Waals surface area contributed by atoms with Crippen LogP contribution in [0.5, 0.6) is 0 Å². The summed E-state index contributed by atoms with van der Waals surface area (Å²) in [5.74, 6) is 1.62. The van der Waals surface area contributed by atoms with Gasteiger partial charge in [0.1, 0.15) is 0 Å². The van der Waals surface area contributed by atoms with E-state index in [2.05, 4.69) is 55.4 Å². The first-order chi connectivity index (χ1) is 7.77. The second-order valence-electron chi connectivity index (χ2n) is 4.65. The zero-order valence-electron chi connectivity index (χ0n) is 11.2. The fourth-order valence-corrected chi connectivity index (χ4v) is 2.31. The van der Waals surface area contributed by atoms with Gasteiger partial charge in [0.25, 0.3) is 0 Å². The summed E-state index contributed by atoms with van der Waals surface area (Å²) in [6.45, 7) is 0. The van der Waals surface area contributed by atoms with Gasteiger partial charge in [-0.05, 0) is 0 Å². The largest absolute Gasteiger partial charge is 1.00 e. The van der Waals surface area contributed by atoms with Gasteiger partial charge in [-0.1, -0.05) is 56.0 Å². The van der Waals surface area contributed by atoms with E-state index in [1.165, 1.54) is 36.9 Å². The van der Waals surface area contributed by atoms with Crippen LogP contribution in [0.15, 0.2) is 36.0 Å². The molecule has 0 heterocycles. The third kappa shape index (κ3) is 3.87. The smallest absolute Gasteiger partial charge is 0.410 e. The SMILES string of the molecule is CN(C)/C(=C\c1ccccc1)[C-]1CCCC1.[Li+]. The summed E-state index contributed by atoms with van der Waals surface area (Å²) in [4.78, 5) is 2.24. The molecule has 1 aromatic rings. The molecule has 0 bridgehead atoms. The van der Waals surface area contributed by atoms with Crippen LogP contribution >= 0.6 is 0 Å². The Morgan fingerprint density at radius 1 is 1.12 bits per heavy atom. The number of benzene rings is 1. The van der Waals surface area contributed by atoms with Crippen molar-refractivity contribution in [2.75, 3.05) is 14.1 Å². The van der Waals surface area contributed by atoms with Crippen molar-refractivity contribution >= 4 is 6.08 Å². The average molecular weight is 221 g/mol. The Kier molecular flexibility index (Phi) is 5.75. The number of allylic oxidation sites excluding steroid dienone is 1. The van der Waals surface area contributed by atoms with Crippen molar-refractivity contribution in [1.82, 2.24) is 4.90 Å². The van der Waals surface area contributed by atoms with Crippen molar-refractivity contribution < 1.29 is 18.9 Å². The Morgan fingerprint density at radius 2 is 1.71 bits per heavy atom. The molecule has 17 heavy (non-hydrogen) atoms. The normalized spacial score (nSPS) is 15.6. The van der Waals surface area contributed by atoms with Crippen LogP contribution < -0.4 is 18.9 Å². The molecule has 1 fully saturated rings. The molecule has 0 spiro atoms. The van der Waals surface area contributed by atoms with E-state index in [0.29, 0.717) is 0 Å². The average Bonchev–Trinajstić information content (AvgIpc) is 2.80. The van der Waals surface area contributed by atoms with Gasteiger partial charge in [0, 0.05) is 14.1 Å². The molecule has 0 saturated heterocycles. The molecule has 1 aliphatic carbocycles. The standard InChI is InChI=1S/C15H20N.Li/c1-16(2)15(14-10-6-7-11-14)12-13-8-4-3-5-9-13;/h3-5,8-9,12H,6-7,10-11H2,1-2H3;/q-1;+1/b15-12-;. The van der Waals surface area contributed by atoms with E-state index < -0.39 is 0 Å². The molecule has 0 N–H and O–H groups in total. The summed E-state index contributed by atoms with van der Waals surface area (Å²) in [5, 5.41) is 0. The monoisotopic (exact) mass is 221 g/mol. The number of hydrogen-bond acceptors (Lipinski definition) is 1. The molecule has 0 radical (unpaired) electrons. The van der Waals surface area contributed by atoms with Gasteiger partial charge in [-0.15, -0.1) is 11.3 Å². The van der Waals surface area contributed by atoms with E-state index in [0.717, 1.165) is 0 Å². The summed E-state index contributed by atoms with van der Waals surface area (Å²) in [6.07, 6.45) is 7.57. The van der Waals surface area contributed by atoms with Gasteiger partial charge in [-0.25, -0.2) is 0 Å². The first-order valence-corrected chi connectivity index (χ1v) is 6.06. The topological polar surface area (TPSA) is 3.24 Å². The Bertz CT molecular complexity index is 350. The molecule has 2 rings (SSSR count). The predicted molar refractivity (Wildman–Crippen MR) is 69.8 cm³/mol. The van der Waals surface area contributed by atoms with Gasteiger partial charge in [0.05, 0.1) is 0 Å². The molecule has 0 amide bonds. The molecule has 1 aromatic carbocycles. The molecule has 86 valence electrons. The Hall–Kier alpha value is -0.773. The molecule has 1 saturated carbocycles. The molecule has 0 unspecified atom stereocenters. The first kappa shape index (κ1) is 14.3. The van der Waals surface area contributed by atoms with Crippen LogP contribution in [-0.4, -0.2) is 19.0 Å². The van der Waals surface area contributed by atoms with Gasteiger partial charge >= 0.3 is 18.9 Å². The number of rotatable bonds is 3. The van der Waals surface area contributed by atoms with Gasteiger partial charge in [0.15, 0.2) is 0 Å². The Balaban J connectivity index is 0.00000144. The van der Waals surface area contributed by atoms with Gasteiger partial charge < -0.3 is 4.90 Å². The fraction of sp³-hybridized carbons (Fsp3) is 0.400. The van der Waals surface area contributed by atoms with Crippen molar-refractivity contribution in [2.24, 2.45) is 0 Å². The van der Waals surface area contributed by atoms with Crippen molar-refractivity contribution in [3.63, 3.8) is 0 Å². The van der Waals surface area contributed by atoms with Crippen LogP contribution in [0.2, 0.25) is 0 Å². The van der Waals surface area contributed by atoms with E-state index >= 15 is 0 Å². The van der Waals surface area contributed by atoms with E-state index in [-0.39, 0.29) is 18.9 Å². The zero-order chi connectivity index (χ0) is 11.4. The summed E-state index contributed by atoms with van der Waals surface area (Å²) in [6, 6.07) is 10.6. The quantitative estimate of drug-likeness (QED) is 0.537. The first-order valence-electron chi connectivity index (χ1n) is 6.06. The molecular weight excluding hydrogens is 201 g/mol. The molecule has 0 atom stereocenters. The summed E-state index contributed by atoms with van der Waals surface area (Å²) in [5.41, 5.74) is 2.70. The number of nitrogens with zero attached hydrogens (tertiary/aromatic N) is 1. The molecule has 1 nitrogen and oxygen atoms in total. The van der Waals surface area contributed by atoms with E-state index in [4.69, 9.17) is 0 Å². The molecule has 2 heteroatoms. The van der Waals surface area contributed by atoms with Crippen LogP contribution in [-0.2, 0) is 0 Å². The van der Waals surface area contributed by atoms with E-state index in [9.17, 15) is 0 Å². The van der Waals surface area contributed by atoms with Crippen molar-refractivity contribution in [3.8, 4) is 0 Å². The fourth-order valence-electron chi connectivity index (χ4n) is 2.31. The molecule has 1 aliphatic rings. The minimum atomic E-state index is 0. The zero-order valence-corrected chi connectivity index (χ0v) is 11.2. The van der Waals surface area contributed by atoms with Gasteiger partial charge in [-0.3, -0.25) is 0 Å². The van der Waals surface area contributed by atoms with Gasteiger partial charge in [0.2, 0.25) is 0 Å². The van der Waals surface area contributed by atoms with Crippen LogP contribution in [0.3, 0.4) is 0 Å². The van der Waals surface area contributed by atoms with Gasteiger partial charge in [-0.2, -0.15) is 12.0 Å². The summed E-state index contributed by atoms with van der Waals surface area (Å²) in [7, 11) is 4.28. The van der Waals surface area contributed by atoms with Crippen LogP contribution in [0.25, 0.3) is 6.08 Å². The van der Waals surface area contributed by atoms with Crippen LogP contribution in [0, 0.1) is 5.92 Å². The third-order valence-electron chi connectivity index (χ3n) is 3.15. The van der Waals surface area contributed by atoms with E-state index in [1.807, 2.05) is 0 Å². The Morgan fingerprint density at radius 3 is 2.24 bits per heavy atom. The molecular formula is C15H20LiN. The van der Waals surface area contributed by atoms with Crippen molar-refractivity contribution in [3.05, 3.63) is 47.5 Å².